The average molecular weight is 297 g/mol. The second-order valence-corrected chi connectivity index (χ2v) is 6.37. The van der Waals surface area contributed by atoms with Gasteiger partial charge in [0.05, 0.1) is 6.61 Å². The minimum atomic E-state index is -0.469. The number of alkyl carbamates (subject to hydrolysis) is 1. The third kappa shape index (κ3) is 7.73. The van der Waals surface area contributed by atoms with Crippen LogP contribution in [0, 0.1) is 5.92 Å². The van der Waals surface area contributed by atoms with Crippen molar-refractivity contribution < 1.29 is 19.1 Å². The zero-order chi connectivity index (χ0) is 15.9. The number of ether oxygens (including phenoxy) is 2. The summed E-state index contributed by atoms with van der Waals surface area (Å²) in [6.07, 6.45) is 6.78. The summed E-state index contributed by atoms with van der Waals surface area (Å²) in [6.45, 7) is 7.74. The topological polar surface area (TPSA) is 64.6 Å². The van der Waals surface area contributed by atoms with Gasteiger partial charge in [-0.05, 0) is 59.3 Å². The number of nitrogens with one attached hydrogen (secondary N) is 1. The van der Waals surface area contributed by atoms with Crippen molar-refractivity contribution in [3.05, 3.63) is 12.2 Å². The van der Waals surface area contributed by atoms with Crippen LogP contribution in [0.1, 0.15) is 53.4 Å². The highest BCUT2D eigenvalue weighted by Crippen LogP contribution is 2.25. The Hall–Kier alpha value is -1.52. The molecular formula is C16H27NO4. The van der Waals surface area contributed by atoms with Gasteiger partial charge in [-0.3, -0.25) is 0 Å². The van der Waals surface area contributed by atoms with E-state index >= 15 is 0 Å². The van der Waals surface area contributed by atoms with E-state index in [2.05, 4.69) is 5.32 Å². The molecule has 1 saturated carbocycles. The first-order chi connectivity index (χ1) is 9.80. The highest BCUT2D eigenvalue weighted by atomic mass is 16.6. The third-order valence-corrected chi connectivity index (χ3v) is 3.28. The number of carbonyl (C=O) groups is 2. The molecule has 0 aromatic carbocycles. The fraction of sp³-hybridized carbons (Fsp3) is 0.750. The first-order valence-electron chi connectivity index (χ1n) is 7.64. The van der Waals surface area contributed by atoms with Gasteiger partial charge in [-0.2, -0.15) is 0 Å². The van der Waals surface area contributed by atoms with Crippen LogP contribution in [0.15, 0.2) is 12.2 Å². The van der Waals surface area contributed by atoms with E-state index in [0.29, 0.717) is 12.5 Å². The molecule has 21 heavy (non-hydrogen) atoms. The molecule has 0 aromatic heterocycles. The van der Waals surface area contributed by atoms with Gasteiger partial charge in [-0.15, -0.1) is 0 Å². The quantitative estimate of drug-likeness (QED) is 0.639. The smallest absolute Gasteiger partial charge is 0.407 e. The summed E-state index contributed by atoms with van der Waals surface area (Å²) < 4.78 is 10.1. The van der Waals surface area contributed by atoms with E-state index < -0.39 is 5.60 Å². The van der Waals surface area contributed by atoms with E-state index in [1.54, 1.807) is 6.92 Å². The van der Waals surface area contributed by atoms with E-state index in [-0.39, 0.29) is 18.1 Å². The van der Waals surface area contributed by atoms with Crippen molar-refractivity contribution in [2.45, 2.75) is 65.0 Å². The monoisotopic (exact) mass is 297 g/mol. The molecule has 0 atom stereocenters. The van der Waals surface area contributed by atoms with E-state index in [9.17, 15) is 9.59 Å². The van der Waals surface area contributed by atoms with Crippen molar-refractivity contribution in [1.82, 2.24) is 5.32 Å². The van der Waals surface area contributed by atoms with Crippen molar-refractivity contribution >= 4 is 12.1 Å². The molecule has 1 aliphatic carbocycles. The van der Waals surface area contributed by atoms with Crippen LogP contribution >= 0.6 is 0 Å². The lowest BCUT2D eigenvalue weighted by Gasteiger charge is -2.28. The minimum Gasteiger partial charge on any atom is -0.463 e. The Kier molecular flexibility index (Phi) is 6.72. The van der Waals surface area contributed by atoms with Crippen LogP contribution in [-0.2, 0) is 14.3 Å². The molecule has 0 radical (unpaired) electrons. The molecule has 1 rings (SSSR count). The SMILES string of the molecule is CCOC(=O)C=CC1CCC(NC(=O)OC(C)(C)C)CC1. The fourth-order valence-corrected chi connectivity index (χ4v) is 2.34. The molecule has 0 unspecified atom stereocenters. The van der Waals surface area contributed by atoms with Crippen LogP contribution in [0.2, 0.25) is 0 Å². The van der Waals surface area contributed by atoms with Crippen molar-refractivity contribution in [3.8, 4) is 0 Å². The van der Waals surface area contributed by atoms with Gasteiger partial charge in [0, 0.05) is 12.1 Å². The molecule has 120 valence electrons. The highest BCUT2D eigenvalue weighted by Gasteiger charge is 2.23. The number of esters is 1. The molecule has 0 heterocycles. The molecule has 0 saturated heterocycles. The lowest BCUT2D eigenvalue weighted by Crippen LogP contribution is -2.40. The maximum atomic E-state index is 11.7. The highest BCUT2D eigenvalue weighted by molar-refractivity contribution is 5.81. The van der Waals surface area contributed by atoms with Crippen LogP contribution in [-0.4, -0.2) is 30.3 Å². The van der Waals surface area contributed by atoms with Crippen LogP contribution < -0.4 is 5.32 Å². The molecular weight excluding hydrogens is 270 g/mol. The molecule has 0 bridgehead atoms. The van der Waals surface area contributed by atoms with Gasteiger partial charge in [0.1, 0.15) is 5.60 Å². The van der Waals surface area contributed by atoms with Crippen molar-refractivity contribution in [3.63, 3.8) is 0 Å². The summed E-state index contributed by atoms with van der Waals surface area (Å²) in [4.78, 5) is 22.9. The van der Waals surface area contributed by atoms with E-state index in [1.165, 1.54) is 6.08 Å². The van der Waals surface area contributed by atoms with Crippen molar-refractivity contribution in [1.29, 1.82) is 0 Å². The van der Waals surface area contributed by atoms with Gasteiger partial charge >= 0.3 is 12.1 Å². The Bertz CT molecular complexity index is 376. The van der Waals surface area contributed by atoms with Crippen LogP contribution in [0.3, 0.4) is 0 Å². The Morgan fingerprint density at radius 3 is 2.33 bits per heavy atom. The maximum Gasteiger partial charge on any atom is 0.407 e. The summed E-state index contributed by atoms with van der Waals surface area (Å²) >= 11 is 0. The predicted octanol–water partition coefficient (Wildman–Crippen LogP) is 3.19. The second kappa shape index (κ2) is 8.05. The fourth-order valence-electron chi connectivity index (χ4n) is 2.34. The molecule has 1 amide bonds. The van der Waals surface area contributed by atoms with Crippen LogP contribution in [0.5, 0.6) is 0 Å². The first kappa shape index (κ1) is 17.5. The molecule has 1 aliphatic rings. The van der Waals surface area contributed by atoms with Crippen molar-refractivity contribution in [2.75, 3.05) is 6.61 Å². The molecule has 5 nitrogen and oxygen atoms in total. The van der Waals surface area contributed by atoms with Crippen molar-refractivity contribution in [2.24, 2.45) is 5.92 Å². The first-order valence-corrected chi connectivity index (χ1v) is 7.64. The molecule has 0 aliphatic heterocycles. The van der Waals surface area contributed by atoms with Gasteiger partial charge in [-0.25, -0.2) is 9.59 Å². The average Bonchev–Trinajstić information content (AvgIpc) is 2.36. The summed E-state index contributed by atoms with van der Waals surface area (Å²) in [5.41, 5.74) is -0.469. The molecule has 1 fully saturated rings. The van der Waals surface area contributed by atoms with Gasteiger partial charge in [0.2, 0.25) is 0 Å². The van der Waals surface area contributed by atoms with E-state index in [4.69, 9.17) is 9.47 Å². The van der Waals surface area contributed by atoms with Crippen LogP contribution in [0.25, 0.3) is 0 Å². The van der Waals surface area contributed by atoms with Gasteiger partial charge in [-0.1, -0.05) is 6.08 Å². The zero-order valence-electron chi connectivity index (χ0n) is 13.5. The van der Waals surface area contributed by atoms with Gasteiger partial charge in [0.15, 0.2) is 0 Å². The van der Waals surface area contributed by atoms with Crippen LogP contribution in [0.4, 0.5) is 4.79 Å². The number of allylic oxidation sites excluding steroid dienone is 1. The molecule has 1 N–H and O–H groups in total. The standard InChI is InChI=1S/C16H27NO4/c1-5-20-14(18)11-8-12-6-9-13(10-7-12)17-15(19)21-16(2,3)4/h8,11-13H,5-7,9-10H2,1-4H3,(H,17,19). The lowest BCUT2D eigenvalue weighted by molar-refractivity contribution is -0.137. The minimum absolute atomic E-state index is 0.159. The Labute approximate surface area is 127 Å². The second-order valence-electron chi connectivity index (χ2n) is 6.37. The summed E-state index contributed by atoms with van der Waals surface area (Å²) in [7, 11) is 0. The molecule has 5 heteroatoms. The summed E-state index contributed by atoms with van der Waals surface area (Å²) in [6, 6.07) is 0.159. The Morgan fingerprint density at radius 1 is 1.19 bits per heavy atom. The summed E-state index contributed by atoms with van der Waals surface area (Å²) in [5.74, 6) is 0.0950. The number of rotatable bonds is 4. The molecule has 0 aromatic rings. The van der Waals surface area contributed by atoms with E-state index in [0.717, 1.165) is 25.7 Å². The Morgan fingerprint density at radius 2 is 1.81 bits per heavy atom. The maximum absolute atomic E-state index is 11.7. The largest absolute Gasteiger partial charge is 0.463 e. The number of carbonyl (C=O) groups excluding carboxylic acids is 2. The summed E-state index contributed by atoms with van der Waals surface area (Å²) in [5, 5.41) is 2.90. The number of hydrogen-bond donors (Lipinski definition) is 1. The molecule has 0 spiro atoms. The predicted molar refractivity (Wildman–Crippen MR) is 80.9 cm³/mol. The van der Waals surface area contributed by atoms with Gasteiger partial charge in [0.25, 0.3) is 0 Å². The lowest BCUT2D eigenvalue weighted by atomic mass is 9.86. The Balaban J connectivity index is 2.29. The third-order valence-electron chi connectivity index (χ3n) is 3.28. The normalized spacial score (nSPS) is 22.9. The number of amides is 1. The van der Waals surface area contributed by atoms with E-state index in [1.807, 2.05) is 26.8 Å². The zero-order valence-corrected chi connectivity index (χ0v) is 13.5. The number of hydrogen-bond acceptors (Lipinski definition) is 4. The van der Waals surface area contributed by atoms with Gasteiger partial charge < -0.3 is 14.8 Å².